The molecule has 1 heterocycles. The summed E-state index contributed by atoms with van der Waals surface area (Å²) >= 11 is 0. The van der Waals surface area contributed by atoms with Crippen molar-refractivity contribution in [2.75, 3.05) is 87.1 Å². The van der Waals surface area contributed by atoms with E-state index in [2.05, 4.69) is 54.2 Å². The number of benzene rings is 1. The van der Waals surface area contributed by atoms with Crippen LogP contribution in [-0.2, 0) is 29.3 Å². The van der Waals surface area contributed by atoms with Gasteiger partial charge in [0.25, 0.3) is 0 Å². The Kier molecular flexibility index (Phi) is 12.6. The molecule has 1 saturated heterocycles. The number of hydrogen-bond donors (Lipinski definition) is 0. The van der Waals surface area contributed by atoms with Gasteiger partial charge in [-0.15, -0.1) is 0 Å². The fourth-order valence-corrected chi connectivity index (χ4v) is 6.86. The quantitative estimate of drug-likeness (QED) is 0.223. The molecule has 0 atom stereocenters. The lowest BCUT2D eigenvalue weighted by Gasteiger charge is -2.51. The maximum atomic E-state index is 13.8. The van der Waals surface area contributed by atoms with Crippen molar-refractivity contribution in [1.82, 2.24) is 14.7 Å². The Bertz CT molecular complexity index is 962. The van der Waals surface area contributed by atoms with Gasteiger partial charge in [-0.2, -0.15) is 0 Å². The molecular weight excluding hydrogens is 534 g/mol. The molecule has 0 bridgehead atoms. The first-order valence-corrected chi connectivity index (χ1v) is 15.9. The molecule has 236 valence electrons. The molecule has 9 nitrogen and oxygen atoms in total. The maximum Gasteiger partial charge on any atom is 0.321 e. The molecule has 1 aliphatic heterocycles. The van der Waals surface area contributed by atoms with Crippen molar-refractivity contribution in [2.24, 2.45) is 5.92 Å². The molecule has 1 aromatic carbocycles. The lowest BCUT2D eigenvalue weighted by molar-refractivity contribution is -0.120. The zero-order valence-electron chi connectivity index (χ0n) is 26.2. The SMILES string of the molecule is COCCOCCOCCOCCCC(=O)CN1CC2(CCC(c3ccccc3)(N(C)C)CC2)N(CC2CCC2)C1=O. The summed E-state index contributed by atoms with van der Waals surface area (Å²) in [6.07, 6.45) is 8.67. The third-order valence-electron chi connectivity index (χ3n) is 9.69. The molecule has 0 unspecified atom stereocenters. The highest BCUT2D eigenvalue weighted by Gasteiger charge is 2.55. The summed E-state index contributed by atoms with van der Waals surface area (Å²) in [7, 11) is 6.01. The van der Waals surface area contributed by atoms with Crippen LogP contribution in [-0.4, -0.2) is 119 Å². The van der Waals surface area contributed by atoms with Crippen LogP contribution in [0.2, 0.25) is 0 Å². The minimum absolute atomic E-state index is 0.0240. The van der Waals surface area contributed by atoms with E-state index in [1.54, 1.807) is 7.11 Å². The molecule has 1 spiro atoms. The van der Waals surface area contributed by atoms with E-state index in [9.17, 15) is 9.59 Å². The van der Waals surface area contributed by atoms with Gasteiger partial charge < -0.3 is 28.7 Å². The minimum atomic E-state index is -0.181. The first-order chi connectivity index (χ1) is 20.4. The number of ketones is 1. The number of carbonyl (C=O) groups excluding carboxylic acids is 2. The van der Waals surface area contributed by atoms with Crippen LogP contribution in [0.5, 0.6) is 0 Å². The molecule has 0 aromatic heterocycles. The second-order valence-corrected chi connectivity index (χ2v) is 12.5. The summed E-state index contributed by atoms with van der Waals surface area (Å²) < 4.78 is 21.4. The van der Waals surface area contributed by atoms with Crippen LogP contribution in [0.3, 0.4) is 0 Å². The molecule has 9 heteroatoms. The summed E-state index contributed by atoms with van der Waals surface area (Å²) in [5, 5.41) is 0. The van der Waals surface area contributed by atoms with Gasteiger partial charge >= 0.3 is 6.03 Å². The van der Waals surface area contributed by atoms with E-state index in [0.717, 1.165) is 32.2 Å². The van der Waals surface area contributed by atoms with Crippen molar-refractivity contribution in [2.45, 2.75) is 68.9 Å². The Balaban J connectivity index is 1.24. The predicted molar refractivity (Wildman–Crippen MR) is 163 cm³/mol. The van der Waals surface area contributed by atoms with Crippen LogP contribution < -0.4 is 0 Å². The van der Waals surface area contributed by atoms with Gasteiger partial charge in [-0.05, 0) is 70.5 Å². The number of hydrogen-bond acceptors (Lipinski definition) is 7. The van der Waals surface area contributed by atoms with Gasteiger partial charge in [-0.3, -0.25) is 9.69 Å². The number of methoxy groups -OCH3 is 1. The van der Waals surface area contributed by atoms with Gasteiger partial charge in [0.2, 0.25) is 0 Å². The monoisotopic (exact) mass is 587 g/mol. The van der Waals surface area contributed by atoms with Crippen LogP contribution in [0.25, 0.3) is 0 Å². The molecule has 2 aliphatic carbocycles. The summed E-state index contributed by atoms with van der Waals surface area (Å²) in [5.74, 6) is 0.709. The second-order valence-electron chi connectivity index (χ2n) is 12.5. The summed E-state index contributed by atoms with van der Waals surface area (Å²) in [6.45, 7) is 5.41. The third kappa shape index (κ3) is 8.32. The second kappa shape index (κ2) is 16.1. The van der Waals surface area contributed by atoms with Gasteiger partial charge in [0.1, 0.15) is 0 Å². The normalized spacial score (nSPS) is 24.6. The first-order valence-electron chi connectivity index (χ1n) is 15.9. The van der Waals surface area contributed by atoms with Crippen molar-refractivity contribution >= 4 is 11.8 Å². The summed E-state index contributed by atoms with van der Waals surface area (Å²) in [6, 6.07) is 10.9. The molecule has 4 rings (SSSR count). The van der Waals surface area contributed by atoms with Crippen molar-refractivity contribution in [1.29, 1.82) is 0 Å². The molecule has 0 N–H and O–H groups in total. The van der Waals surface area contributed by atoms with Gasteiger partial charge in [0.05, 0.1) is 51.7 Å². The molecule has 0 radical (unpaired) electrons. The van der Waals surface area contributed by atoms with E-state index in [1.807, 2.05) is 4.90 Å². The van der Waals surface area contributed by atoms with E-state index >= 15 is 0 Å². The van der Waals surface area contributed by atoms with Crippen LogP contribution >= 0.6 is 0 Å². The average molecular weight is 588 g/mol. The standard InChI is InChI=1S/C33H53N3O6/c1-34(2)33(29-11-5-4-6-12-29)16-14-32(15-17-33)27-35(31(38)36(32)25-28-9-7-10-28)26-30(37)13-8-18-40-21-22-42-24-23-41-20-19-39-3/h4-6,11-12,28H,7-10,13-27H2,1-3H3. The average Bonchev–Trinajstić information content (AvgIpc) is 3.21. The van der Waals surface area contributed by atoms with Crippen molar-refractivity contribution in [3.8, 4) is 0 Å². The highest BCUT2D eigenvalue weighted by molar-refractivity contribution is 5.87. The number of nitrogens with zero attached hydrogens (tertiary/aromatic N) is 3. The molecule has 2 saturated carbocycles. The lowest BCUT2D eigenvalue weighted by atomic mass is 9.68. The Hall–Kier alpha value is -2.04. The topological polar surface area (TPSA) is 80.8 Å². The molecular formula is C33H53N3O6. The van der Waals surface area contributed by atoms with E-state index in [-0.39, 0.29) is 29.4 Å². The Morgan fingerprint density at radius 3 is 2.10 bits per heavy atom. The maximum absolute atomic E-state index is 13.8. The van der Waals surface area contributed by atoms with Crippen LogP contribution in [0.15, 0.2) is 30.3 Å². The lowest BCUT2D eigenvalue weighted by Crippen LogP contribution is -2.56. The first kappa shape index (κ1) is 32.9. The van der Waals surface area contributed by atoms with E-state index in [0.29, 0.717) is 71.6 Å². The number of urea groups is 1. The molecule has 2 amide bonds. The van der Waals surface area contributed by atoms with Gasteiger partial charge in [0.15, 0.2) is 5.78 Å². The van der Waals surface area contributed by atoms with E-state index in [1.165, 1.54) is 24.8 Å². The van der Waals surface area contributed by atoms with Gasteiger partial charge in [0, 0.05) is 38.8 Å². The van der Waals surface area contributed by atoms with Crippen molar-refractivity contribution in [3.05, 3.63) is 35.9 Å². The molecule has 3 aliphatic rings. The number of amides is 2. The summed E-state index contributed by atoms with van der Waals surface area (Å²) in [4.78, 5) is 33.1. The zero-order chi connectivity index (χ0) is 29.8. The molecule has 42 heavy (non-hydrogen) atoms. The largest absolute Gasteiger partial charge is 0.382 e. The number of Topliss-reactive ketones (excluding diaryl/α,β-unsaturated/α-hetero) is 1. The number of ether oxygens (including phenoxy) is 4. The Morgan fingerprint density at radius 1 is 0.905 bits per heavy atom. The number of rotatable bonds is 19. The van der Waals surface area contributed by atoms with E-state index < -0.39 is 0 Å². The van der Waals surface area contributed by atoms with Gasteiger partial charge in [-0.1, -0.05) is 36.8 Å². The van der Waals surface area contributed by atoms with Crippen LogP contribution in [0, 0.1) is 5.92 Å². The molecule has 3 fully saturated rings. The fraction of sp³-hybridized carbons (Fsp3) is 0.758. The minimum Gasteiger partial charge on any atom is -0.382 e. The smallest absolute Gasteiger partial charge is 0.321 e. The highest BCUT2D eigenvalue weighted by atomic mass is 16.6. The van der Waals surface area contributed by atoms with E-state index in [4.69, 9.17) is 18.9 Å². The van der Waals surface area contributed by atoms with Gasteiger partial charge in [-0.25, -0.2) is 4.79 Å². The van der Waals surface area contributed by atoms with Crippen molar-refractivity contribution < 1.29 is 28.5 Å². The third-order valence-corrected chi connectivity index (χ3v) is 9.69. The number of carbonyl (C=O) groups is 2. The zero-order valence-corrected chi connectivity index (χ0v) is 26.2. The Morgan fingerprint density at radius 2 is 1.52 bits per heavy atom. The van der Waals surface area contributed by atoms with Crippen LogP contribution in [0.1, 0.15) is 63.4 Å². The van der Waals surface area contributed by atoms with Crippen molar-refractivity contribution in [3.63, 3.8) is 0 Å². The fourth-order valence-electron chi connectivity index (χ4n) is 6.86. The Labute approximate surface area is 252 Å². The van der Waals surface area contributed by atoms with Crippen LogP contribution in [0.4, 0.5) is 4.79 Å². The predicted octanol–water partition coefficient (Wildman–Crippen LogP) is 4.34. The summed E-state index contributed by atoms with van der Waals surface area (Å²) in [5.41, 5.74) is 1.15. The highest BCUT2D eigenvalue weighted by Crippen LogP contribution is 2.49. The molecule has 1 aromatic rings.